The number of hydrogen-bond acceptors (Lipinski definition) is 5. The molecule has 0 aliphatic carbocycles. The van der Waals surface area contributed by atoms with Crippen molar-refractivity contribution in [1.29, 1.82) is 0 Å². The summed E-state index contributed by atoms with van der Waals surface area (Å²) >= 11 is 0. The minimum atomic E-state index is -3.90. The van der Waals surface area contributed by atoms with Crippen LogP contribution >= 0.6 is 0 Å². The minimum absolute atomic E-state index is 0.173. The van der Waals surface area contributed by atoms with Gasteiger partial charge in [0.05, 0.1) is 4.92 Å². The Kier molecular flexibility index (Phi) is 5.61. The summed E-state index contributed by atoms with van der Waals surface area (Å²) in [6.07, 6.45) is 0. The molecule has 20 heavy (non-hydrogen) atoms. The number of nitrogens with zero attached hydrogens (tertiary/aromatic N) is 1. The van der Waals surface area contributed by atoms with Crippen LogP contribution in [0.4, 0.5) is 5.69 Å². The average Bonchev–Trinajstić information content (AvgIpc) is 2.33. The average molecular weight is 301 g/mol. The van der Waals surface area contributed by atoms with Crippen molar-refractivity contribution < 1.29 is 13.3 Å². The Hall–Kier alpha value is -1.51. The van der Waals surface area contributed by atoms with E-state index in [1.54, 1.807) is 0 Å². The van der Waals surface area contributed by atoms with E-state index in [-0.39, 0.29) is 17.5 Å². The number of aryl methyl sites for hydroxylation is 1. The summed E-state index contributed by atoms with van der Waals surface area (Å²) < 4.78 is 26.7. The Bertz CT molecular complexity index is 584. The van der Waals surface area contributed by atoms with E-state index < -0.39 is 20.6 Å². The lowest BCUT2D eigenvalue weighted by Gasteiger charge is -2.11. The molecule has 0 aromatic heterocycles. The Morgan fingerprint density at radius 3 is 2.50 bits per heavy atom. The van der Waals surface area contributed by atoms with Gasteiger partial charge in [-0.15, -0.1) is 0 Å². The van der Waals surface area contributed by atoms with Crippen LogP contribution in [-0.4, -0.2) is 32.5 Å². The number of benzene rings is 1. The molecular formula is C12H19N3O4S. The van der Waals surface area contributed by atoms with Crippen LogP contribution < -0.4 is 10.0 Å². The van der Waals surface area contributed by atoms with Crippen LogP contribution in [0.3, 0.4) is 0 Å². The van der Waals surface area contributed by atoms with Crippen LogP contribution in [0.1, 0.15) is 19.4 Å². The first kappa shape index (κ1) is 16.5. The summed E-state index contributed by atoms with van der Waals surface area (Å²) in [6, 6.07) is 4.43. The molecule has 1 aromatic rings. The highest BCUT2D eigenvalue weighted by molar-refractivity contribution is 7.89. The molecular weight excluding hydrogens is 282 g/mol. The van der Waals surface area contributed by atoms with E-state index in [0.29, 0.717) is 12.1 Å². The van der Waals surface area contributed by atoms with Crippen LogP contribution in [0.25, 0.3) is 0 Å². The SMILES string of the molecule is Cc1cccc([N+](=O)[O-])c1S(=O)(=O)NCCNC(C)C. The van der Waals surface area contributed by atoms with Crippen molar-refractivity contribution in [1.82, 2.24) is 10.0 Å². The molecule has 2 N–H and O–H groups in total. The zero-order valence-electron chi connectivity index (χ0n) is 11.7. The summed E-state index contributed by atoms with van der Waals surface area (Å²) in [4.78, 5) is 9.99. The topological polar surface area (TPSA) is 101 Å². The van der Waals surface area contributed by atoms with Gasteiger partial charge < -0.3 is 5.32 Å². The van der Waals surface area contributed by atoms with E-state index in [0.717, 1.165) is 0 Å². The van der Waals surface area contributed by atoms with Crippen molar-refractivity contribution >= 4 is 15.7 Å². The third-order valence-corrected chi connectivity index (χ3v) is 4.28. The van der Waals surface area contributed by atoms with Crippen molar-refractivity contribution in [3.05, 3.63) is 33.9 Å². The lowest BCUT2D eigenvalue weighted by atomic mass is 10.2. The molecule has 0 aliphatic rings. The highest BCUT2D eigenvalue weighted by Gasteiger charge is 2.27. The summed E-state index contributed by atoms with van der Waals surface area (Å²) in [6.45, 7) is 6.05. The minimum Gasteiger partial charge on any atom is -0.313 e. The Balaban J connectivity index is 2.95. The maximum absolute atomic E-state index is 12.2. The number of rotatable bonds is 7. The van der Waals surface area contributed by atoms with Gasteiger partial charge in [-0.1, -0.05) is 26.0 Å². The van der Waals surface area contributed by atoms with Crippen molar-refractivity contribution in [2.45, 2.75) is 31.7 Å². The highest BCUT2D eigenvalue weighted by atomic mass is 32.2. The fraction of sp³-hybridized carbons (Fsp3) is 0.500. The van der Waals surface area contributed by atoms with Crippen LogP contribution in [0.2, 0.25) is 0 Å². The maximum Gasteiger partial charge on any atom is 0.289 e. The summed E-state index contributed by atoms with van der Waals surface area (Å²) in [7, 11) is -3.90. The standard InChI is InChI=1S/C12H19N3O4S/c1-9(2)13-7-8-14-20(18,19)12-10(3)5-4-6-11(12)15(16)17/h4-6,9,13-14H,7-8H2,1-3H3. The van der Waals surface area contributed by atoms with Gasteiger partial charge in [0, 0.05) is 25.2 Å². The van der Waals surface area contributed by atoms with Crippen molar-refractivity contribution in [2.75, 3.05) is 13.1 Å². The number of nitrogens with one attached hydrogen (secondary N) is 2. The lowest BCUT2D eigenvalue weighted by Crippen LogP contribution is -2.35. The highest BCUT2D eigenvalue weighted by Crippen LogP contribution is 2.26. The van der Waals surface area contributed by atoms with E-state index in [9.17, 15) is 18.5 Å². The van der Waals surface area contributed by atoms with Gasteiger partial charge in [0.25, 0.3) is 5.69 Å². The molecule has 0 heterocycles. The summed E-state index contributed by atoms with van der Waals surface area (Å²) in [5.74, 6) is 0. The second-order valence-electron chi connectivity index (χ2n) is 4.69. The van der Waals surface area contributed by atoms with Crippen molar-refractivity contribution in [2.24, 2.45) is 0 Å². The molecule has 0 bridgehead atoms. The van der Waals surface area contributed by atoms with Gasteiger partial charge in [-0.05, 0) is 12.5 Å². The lowest BCUT2D eigenvalue weighted by molar-refractivity contribution is -0.387. The first-order valence-electron chi connectivity index (χ1n) is 6.22. The maximum atomic E-state index is 12.2. The second kappa shape index (κ2) is 6.78. The molecule has 7 nitrogen and oxygen atoms in total. The molecule has 1 rings (SSSR count). The monoisotopic (exact) mass is 301 g/mol. The van der Waals surface area contributed by atoms with E-state index in [1.165, 1.54) is 25.1 Å². The number of nitro benzene ring substituents is 1. The smallest absolute Gasteiger partial charge is 0.289 e. The van der Waals surface area contributed by atoms with Crippen LogP contribution in [-0.2, 0) is 10.0 Å². The zero-order chi connectivity index (χ0) is 15.3. The van der Waals surface area contributed by atoms with Gasteiger partial charge in [0.1, 0.15) is 0 Å². The quantitative estimate of drug-likeness (QED) is 0.447. The van der Waals surface area contributed by atoms with Gasteiger partial charge >= 0.3 is 0 Å². The first-order valence-corrected chi connectivity index (χ1v) is 7.71. The number of hydrogen-bond donors (Lipinski definition) is 2. The Morgan fingerprint density at radius 2 is 1.95 bits per heavy atom. The van der Waals surface area contributed by atoms with Gasteiger partial charge in [-0.3, -0.25) is 10.1 Å². The van der Waals surface area contributed by atoms with Gasteiger partial charge in [-0.25, -0.2) is 13.1 Å². The van der Waals surface area contributed by atoms with E-state index in [4.69, 9.17) is 0 Å². The molecule has 0 saturated carbocycles. The van der Waals surface area contributed by atoms with Crippen LogP contribution in [0, 0.1) is 17.0 Å². The third kappa shape index (κ3) is 4.26. The summed E-state index contributed by atoms with van der Waals surface area (Å²) in [5, 5.41) is 14.0. The summed E-state index contributed by atoms with van der Waals surface area (Å²) in [5.41, 5.74) is -0.0576. The molecule has 0 aliphatic heterocycles. The second-order valence-corrected chi connectivity index (χ2v) is 6.39. The van der Waals surface area contributed by atoms with E-state index >= 15 is 0 Å². The predicted octanol–water partition coefficient (Wildman–Crippen LogP) is 1.18. The predicted molar refractivity (Wildman–Crippen MR) is 76.2 cm³/mol. The van der Waals surface area contributed by atoms with E-state index in [1.807, 2.05) is 13.8 Å². The van der Waals surface area contributed by atoms with Crippen LogP contribution in [0.5, 0.6) is 0 Å². The molecule has 0 spiro atoms. The van der Waals surface area contributed by atoms with E-state index in [2.05, 4.69) is 10.0 Å². The van der Waals surface area contributed by atoms with Crippen molar-refractivity contribution in [3.63, 3.8) is 0 Å². The van der Waals surface area contributed by atoms with Crippen LogP contribution in [0.15, 0.2) is 23.1 Å². The fourth-order valence-electron chi connectivity index (χ4n) is 1.75. The normalized spacial score (nSPS) is 11.8. The number of sulfonamides is 1. The Labute approximate surface area is 118 Å². The molecule has 1 aromatic carbocycles. The van der Waals surface area contributed by atoms with Crippen molar-refractivity contribution in [3.8, 4) is 0 Å². The van der Waals surface area contributed by atoms with Gasteiger partial charge in [0.2, 0.25) is 10.0 Å². The fourth-order valence-corrected chi connectivity index (χ4v) is 3.17. The zero-order valence-corrected chi connectivity index (χ0v) is 12.5. The molecule has 0 unspecified atom stereocenters. The Morgan fingerprint density at radius 1 is 1.30 bits per heavy atom. The molecule has 0 atom stereocenters. The van der Waals surface area contributed by atoms with Gasteiger partial charge in [0.15, 0.2) is 4.90 Å². The van der Waals surface area contributed by atoms with Gasteiger partial charge in [-0.2, -0.15) is 0 Å². The molecule has 0 fully saturated rings. The third-order valence-electron chi connectivity index (χ3n) is 2.63. The molecule has 0 saturated heterocycles. The molecule has 0 amide bonds. The first-order chi connectivity index (χ1) is 9.25. The molecule has 112 valence electrons. The molecule has 8 heteroatoms. The number of nitro groups is 1. The largest absolute Gasteiger partial charge is 0.313 e. The molecule has 0 radical (unpaired) electrons.